The molecule has 0 aliphatic heterocycles. The number of carbonyl (C=O) groups is 1. The molecule has 1 aromatic rings. The second-order valence-corrected chi connectivity index (χ2v) is 7.24. The minimum Gasteiger partial charge on any atom is -0.460 e. The molecule has 0 radical (unpaired) electrons. The molecule has 0 atom stereocenters. The molecule has 5 nitrogen and oxygen atoms in total. The summed E-state index contributed by atoms with van der Waals surface area (Å²) in [6, 6.07) is 2.35. The fraction of sp³-hybridized carbons (Fsp3) is 0.462. The number of rotatable bonds is 7. The predicted octanol–water partition coefficient (Wildman–Crippen LogP) is 3.16. The van der Waals surface area contributed by atoms with Crippen molar-refractivity contribution in [2.45, 2.75) is 25.2 Å². The first-order chi connectivity index (χ1) is 9.77. The van der Waals surface area contributed by atoms with E-state index in [0.29, 0.717) is 12.2 Å². The molecule has 0 aliphatic carbocycles. The number of halogens is 2. The van der Waals surface area contributed by atoms with E-state index in [1.54, 1.807) is 6.92 Å². The first kappa shape index (κ1) is 18.2. The molecular weight excluding hydrogens is 339 g/mol. The summed E-state index contributed by atoms with van der Waals surface area (Å²) in [5.74, 6) is -0.670. The van der Waals surface area contributed by atoms with Crippen molar-refractivity contribution in [3.05, 3.63) is 28.3 Å². The van der Waals surface area contributed by atoms with E-state index in [2.05, 4.69) is 0 Å². The highest BCUT2D eigenvalue weighted by molar-refractivity contribution is 8.13. The largest absolute Gasteiger partial charge is 0.460 e. The molecule has 118 valence electrons. The van der Waals surface area contributed by atoms with Crippen LogP contribution in [0.15, 0.2) is 17.0 Å². The number of esters is 1. The third kappa shape index (κ3) is 5.47. The van der Waals surface area contributed by atoms with Crippen molar-refractivity contribution in [1.82, 2.24) is 0 Å². The Bertz CT molecular complexity index is 613. The van der Waals surface area contributed by atoms with E-state index in [0.717, 1.165) is 12.5 Å². The van der Waals surface area contributed by atoms with E-state index in [-0.39, 0.29) is 28.7 Å². The summed E-state index contributed by atoms with van der Waals surface area (Å²) in [5.41, 5.74) is 0.498. The molecule has 0 aliphatic rings. The molecule has 21 heavy (non-hydrogen) atoms. The fourth-order valence-electron chi connectivity index (χ4n) is 1.52. The summed E-state index contributed by atoms with van der Waals surface area (Å²) in [6.07, 6.45) is 0.873. The number of benzene rings is 1. The van der Waals surface area contributed by atoms with Crippen LogP contribution >= 0.6 is 22.3 Å². The van der Waals surface area contributed by atoms with Crippen LogP contribution in [-0.2, 0) is 18.5 Å². The topological polar surface area (TPSA) is 69.7 Å². The van der Waals surface area contributed by atoms with Crippen LogP contribution in [0, 0.1) is 6.92 Å². The molecule has 0 heterocycles. The van der Waals surface area contributed by atoms with E-state index in [1.807, 2.05) is 6.92 Å². The minimum absolute atomic E-state index is 0.0669. The summed E-state index contributed by atoms with van der Waals surface area (Å²) < 4.78 is 32.9. The van der Waals surface area contributed by atoms with Crippen LogP contribution in [0.1, 0.15) is 29.3 Å². The number of carbonyl (C=O) groups excluding carboxylic acids is 1. The third-order valence-electron chi connectivity index (χ3n) is 2.63. The van der Waals surface area contributed by atoms with Crippen LogP contribution in [0.2, 0.25) is 5.02 Å². The average molecular weight is 355 g/mol. The zero-order valence-corrected chi connectivity index (χ0v) is 14.0. The molecule has 0 spiro atoms. The second-order valence-electron chi connectivity index (χ2n) is 4.26. The van der Waals surface area contributed by atoms with Crippen LogP contribution in [0.25, 0.3) is 0 Å². The van der Waals surface area contributed by atoms with Gasteiger partial charge in [-0.2, -0.15) is 0 Å². The van der Waals surface area contributed by atoms with Gasteiger partial charge in [-0.05, 0) is 31.0 Å². The van der Waals surface area contributed by atoms with E-state index < -0.39 is 15.0 Å². The van der Waals surface area contributed by atoms with Crippen LogP contribution < -0.4 is 0 Å². The fourth-order valence-corrected chi connectivity index (χ4v) is 2.59. The smallest absolute Gasteiger partial charge is 0.338 e. The van der Waals surface area contributed by atoms with Crippen molar-refractivity contribution in [1.29, 1.82) is 0 Å². The third-order valence-corrected chi connectivity index (χ3v) is 4.35. The lowest BCUT2D eigenvalue weighted by Gasteiger charge is -2.10. The predicted molar refractivity (Wildman–Crippen MR) is 80.6 cm³/mol. The van der Waals surface area contributed by atoms with Gasteiger partial charge in [-0.15, -0.1) is 0 Å². The summed E-state index contributed by atoms with van der Waals surface area (Å²) in [7, 11) is 1.29. The van der Waals surface area contributed by atoms with Crippen LogP contribution in [0.5, 0.6) is 0 Å². The zero-order chi connectivity index (χ0) is 16.0. The molecule has 0 N–H and O–H groups in total. The monoisotopic (exact) mass is 354 g/mol. The van der Waals surface area contributed by atoms with Gasteiger partial charge in [0.2, 0.25) is 0 Å². The van der Waals surface area contributed by atoms with Crippen LogP contribution in [-0.4, -0.2) is 34.2 Å². The summed E-state index contributed by atoms with van der Waals surface area (Å²) in [5, 5.41) is 0.130. The highest BCUT2D eigenvalue weighted by Gasteiger charge is 2.19. The summed E-state index contributed by atoms with van der Waals surface area (Å²) in [4.78, 5) is 11.7. The molecule has 1 rings (SSSR count). The number of hydrogen-bond donors (Lipinski definition) is 0. The van der Waals surface area contributed by atoms with E-state index >= 15 is 0 Å². The molecule has 0 amide bonds. The van der Waals surface area contributed by atoms with Gasteiger partial charge >= 0.3 is 5.97 Å². The Morgan fingerprint density at radius 2 is 1.90 bits per heavy atom. The molecule has 0 aromatic heterocycles. The Hall–Kier alpha value is -0.820. The lowest BCUT2D eigenvalue weighted by atomic mass is 10.1. The maximum absolute atomic E-state index is 12.0. The molecule has 0 fully saturated rings. The maximum Gasteiger partial charge on any atom is 0.338 e. The van der Waals surface area contributed by atoms with Gasteiger partial charge in [-0.1, -0.05) is 18.5 Å². The van der Waals surface area contributed by atoms with Crippen LogP contribution in [0.3, 0.4) is 0 Å². The lowest BCUT2D eigenvalue weighted by molar-refractivity contribution is 0.0317. The Kier molecular flexibility index (Phi) is 6.93. The first-order valence-electron chi connectivity index (χ1n) is 6.27. The van der Waals surface area contributed by atoms with Gasteiger partial charge in [0.15, 0.2) is 0 Å². The molecule has 0 saturated heterocycles. The minimum atomic E-state index is -3.98. The van der Waals surface area contributed by atoms with Gasteiger partial charge in [-0.3, -0.25) is 0 Å². The van der Waals surface area contributed by atoms with Gasteiger partial charge in [0.05, 0.1) is 17.1 Å². The Balaban J connectivity index is 2.86. The maximum atomic E-state index is 12.0. The quantitative estimate of drug-likeness (QED) is 0.427. The van der Waals surface area contributed by atoms with Crippen molar-refractivity contribution >= 4 is 37.3 Å². The van der Waals surface area contributed by atoms with E-state index in [1.165, 1.54) is 6.07 Å². The lowest BCUT2D eigenvalue weighted by Crippen LogP contribution is -2.13. The highest BCUT2D eigenvalue weighted by Crippen LogP contribution is 2.26. The normalized spacial score (nSPS) is 11.4. The van der Waals surface area contributed by atoms with E-state index in [9.17, 15) is 13.2 Å². The van der Waals surface area contributed by atoms with Crippen molar-refractivity contribution in [3.63, 3.8) is 0 Å². The number of hydrogen-bond acceptors (Lipinski definition) is 5. The standard InChI is InChI=1S/C13H16Cl2O5S/c1-3-4-19-5-6-20-13(16)11-7-10(21(15,17)18)8-12(14)9(11)2/h7-8H,3-6H2,1-2H3. The van der Waals surface area contributed by atoms with Gasteiger partial charge < -0.3 is 9.47 Å². The van der Waals surface area contributed by atoms with Crippen molar-refractivity contribution in [2.24, 2.45) is 0 Å². The molecule has 0 unspecified atom stereocenters. The van der Waals surface area contributed by atoms with Gasteiger partial charge in [0, 0.05) is 22.3 Å². The Morgan fingerprint density at radius 3 is 2.48 bits per heavy atom. The molecular formula is C13H16Cl2O5S. The first-order valence-corrected chi connectivity index (χ1v) is 8.95. The van der Waals surface area contributed by atoms with Gasteiger partial charge in [-0.25, -0.2) is 13.2 Å². The molecule has 1 aromatic carbocycles. The van der Waals surface area contributed by atoms with Crippen molar-refractivity contribution < 1.29 is 22.7 Å². The van der Waals surface area contributed by atoms with Gasteiger partial charge in [0.25, 0.3) is 9.05 Å². The second kappa shape index (κ2) is 7.98. The van der Waals surface area contributed by atoms with E-state index in [4.69, 9.17) is 31.8 Å². The summed E-state index contributed by atoms with van der Waals surface area (Å²) in [6.45, 7) is 4.50. The molecule has 0 bridgehead atoms. The van der Waals surface area contributed by atoms with Crippen molar-refractivity contribution in [2.75, 3.05) is 19.8 Å². The number of ether oxygens (including phenoxy) is 2. The molecule has 0 saturated carbocycles. The van der Waals surface area contributed by atoms with Crippen LogP contribution in [0.4, 0.5) is 0 Å². The highest BCUT2D eigenvalue weighted by atomic mass is 35.7. The SMILES string of the molecule is CCCOCCOC(=O)c1cc(S(=O)(=O)Cl)cc(Cl)c1C. The van der Waals surface area contributed by atoms with Crippen molar-refractivity contribution in [3.8, 4) is 0 Å². The molecule has 8 heteroatoms. The summed E-state index contributed by atoms with van der Waals surface area (Å²) >= 11 is 5.92. The average Bonchev–Trinajstić information content (AvgIpc) is 2.40. The van der Waals surface area contributed by atoms with Gasteiger partial charge in [0.1, 0.15) is 6.61 Å². The zero-order valence-electron chi connectivity index (χ0n) is 11.7. The Labute approximate surface area is 133 Å². The Morgan fingerprint density at radius 1 is 1.24 bits per heavy atom.